The lowest BCUT2D eigenvalue weighted by atomic mass is 10.4. The largest absolute Gasteiger partial charge is 0.374 e. The standard InChI is InChI=1S/C12H22N4O3S/c1-4-19-9-12-15-10(13-2)8-11(16-12)14-6-5-7-20(3,17)18/h8H,4-7,9H2,1-3H3,(H2,13,14,15,16). The van der Waals surface area contributed by atoms with E-state index in [-0.39, 0.29) is 5.75 Å². The molecule has 1 rings (SSSR count). The Morgan fingerprint density at radius 1 is 1.30 bits per heavy atom. The Labute approximate surface area is 120 Å². The molecule has 0 saturated heterocycles. The molecule has 0 aliphatic heterocycles. The number of sulfone groups is 1. The molecule has 0 spiro atoms. The predicted octanol–water partition coefficient (Wildman–Crippen LogP) is 0.901. The number of hydrogen-bond donors (Lipinski definition) is 2. The van der Waals surface area contributed by atoms with E-state index in [1.165, 1.54) is 6.26 Å². The van der Waals surface area contributed by atoms with Gasteiger partial charge in [0.2, 0.25) is 0 Å². The molecule has 0 unspecified atom stereocenters. The third-order valence-electron chi connectivity index (χ3n) is 2.46. The lowest BCUT2D eigenvalue weighted by molar-refractivity contribution is 0.128. The molecule has 0 bridgehead atoms. The SMILES string of the molecule is CCOCc1nc(NC)cc(NCCCS(C)(=O)=O)n1. The minimum atomic E-state index is -2.92. The van der Waals surface area contributed by atoms with Gasteiger partial charge in [0.15, 0.2) is 5.82 Å². The van der Waals surface area contributed by atoms with E-state index in [4.69, 9.17) is 4.74 Å². The van der Waals surface area contributed by atoms with Gasteiger partial charge in [0.25, 0.3) is 0 Å². The highest BCUT2D eigenvalue weighted by Crippen LogP contribution is 2.11. The van der Waals surface area contributed by atoms with Crippen molar-refractivity contribution in [3.8, 4) is 0 Å². The van der Waals surface area contributed by atoms with Gasteiger partial charge in [-0.25, -0.2) is 18.4 Å². The summed E-state index contributed by atoms with van der Waals surface area (Å²) in [5.41, 5.74) is 0. The number of rotatable bonds is 9. The minimum Gasteiger partial charge on any atom is -0.374 e. The van der Waals surface area contributed by atoms with E-state index in [2.05, 4.69) is 20.6 Å². The molecule has 114 valence electrons. The lowest BCUT2D eigenvalue weighted by Crippen LogP contribution is -2.12. The summed E-state index contributed by atoms with van der Waals surface area (Å²) in [7, 11) is -1.14. The molecule has 0 fully saturated rings. The van der Waals surface area contributed by atoms with E-state index in [1.807, 2.05) is 6.92 Å². The van der Waals surface area contributed by atoms with Crippen molar-refractivity contribution in [2.24, 2.45) is 0 Å². The fraction of sp³-hybridized carbons (Fsp3) is 0.667. The van der Waals surface area contributed by atoms with E-state index in [1.54, 1.807) is 13.1 Å². The van der Waals surface area contributed by atoms with Gasteiger partial charge in [-0.15, -0.1) is 0 Å². The number of nitrogens with one attached hydrogen (secondary N) is 2. The number of ether oxygens (including phenoxy) is 1. The van der Waals surface area contributed by atoms with Crippen LogP contribution in [0.1, 0.15) is 19.2 Å². The first-order chi connectivity index (χ1) is 9.44. The summed E-state index contributed by atoms with van der Waals surface area (Å²) in [6, 6.07) is 1.77. The van der Waals surface area contributed by atoms with Crippen LogP contribution in [0.4, 0.5) is 11.6 Å². The second-order valence-electron chi connectivity index (χ2n) is 4.35. The zero-order valence-electron chi connectivity index (χ0n) is 12.1. The van der Waals surface area contributed by atoms with Crippen molar-refractivity contribution in [3.05, 3.63) is 11.9 Å². The number of hydrogen-bond acceptors (Lipinski definition) is 7. The number of aromatic nitrogens is 2. The van der Waals surface area contributed by atoms with Crippen molar-refractivity contribution in [1.29, 1.82) is 0 Å². The van der Waals surface area contributed by atoms with E-state index in [0.717, 1.165) is 0 Å². The molecule has 0 aliphatic carbocycles. The first kappa shape index (κ1) is 16.6. The summed E-state index contributed by atoms with van der Waals surface area (Å²) in [5.74, 6) is 2.10. The van der Waals surface area contributed by atoms with Crippen LogP contribution in [0.15, 0.2) is 6.07 Å². The zero-order valence-corrected chi connectivity index (χ0v) is 13.0. The van der Waals surface area contributed by atoms with Crippen LogP contribution in [0, 0.1) is 0 Å². The lowest BCUT2D eigenvalue weighted by Gasteiger charge is -2.09. The Balaban J connectivity index is 2.59. The molecule has 1 aromatic rings. The third-order valence-corrected chi connectivity index (χ3v) is 3.49. The monoisotopic (exact) mass is 302 g/mol. The van der Waals surface area contributed by atoms with Gasteiger partial charge < -0.3 is 15.4 Å². The molecule has 0 aliphatic rings. The quantitative estimate of drug-likeness (QED) is 0.655. The van der Waals surface area contributed by atoms with Gasteiger partial charge in [0.05, 0.1) is 5.75 Å². The number of nitrogens with zero attached hydrogens (tertiary/aromatic N) is 2. The van der Waals surface area contributed by atoms with Crippen LogP contribution in [0.2, 0.25) is 0 Å². The van der Waals surface area contributed by atoms with E-state index in [9.17, 15) is 8.42 Å². The van der Waals surface area contributed by atoms with Gasteiger partial charge in [0, 0.05) is 32.5 Å². The van der Waals surface area contributed by atoms with Crippen LogP contribution < -0.4 is 10.6 Å². The Kier molecular flexibility index (Phi) is 6.66. The van der Waals surface area contributed by atoms with Crippen molar-refractivity contribution in [2.75, 3.05) is 42.8 Å². The summed E-state index contributed by atoms with van der Waals surface area (Å²) in [6.45, 7) is 3.40. The molecule has 0 amide bonds. The smallest absolute Gasteiger partial charge is 0.158 e. The molecular weight excluding hydrogens is 280 g/mol. The molecular formula is C12H22N4O3S. The summed E-state index contributed by atoms with van der Waals surface area (Å²) in [5, 5.41) is 6.05. The van der Waals surface area contributed by atoms with Gasteiger partial charge >= 0.3 is 0 Å². The zero-order chi connectivity index (χ0) is 15.0. The first-order valence-electron chi connectivity index (χ1n) is 6.49. The fourth-order valence-electron chi connectivity index (χ4n) is 1.52. The molecule has 7 nitrogen and oxygen atoms in total. The normalized spacial score (nSPS) is 11.3. The van der Waals surface area contributed by atoms with Crippen LogP contribution in [-0.2, 0) is 21.2 Å². The summed E-state index contributed by atoms with van der Waals surface area (Å²) in [6.07, 6.45) is 1.77. The second-order valence-corrected chi connectivity index (χ2v) is 6.61. The van der Waals surface area contributed by atoms with Crippen LogP contribution >= 0.6 is 0 Å². The van der Waals surface area contributed by atoms with E-state index >= 15 is 0 Å². The van der Waals surface area contributed by atoms with Crippen LogP contribution in [0.25, 0.3) is 0 Å². The van der Waals surface area contributed by atoms with Crippen molar-refractivity contribution in [1.82, 2.24) is 9.97 Å². The maximum atomic E-state index is 11.0. The average molecular weight is 302 g/mol. The Morgan fingerprint density at radius 3 is 2.60 bits per heavy atom. The maximum Gasteiger partial charge on any atom is 0.158 e. The Morgan fingerprint density at radius 2 is 2.00 bits per heavy atom. The molecule has 20 heavy (non-hydrogen) atoms. The van der Waals surface area contributed by atoms with Crippen molar-refractivity contribution < 1.29 is 13.2 Å². The average Bonchev–Trinajstić information content (AvgIpc) is 2.40. The Hall–Kier alpha value is -1.41. The fourth-order valence-corrected chi connectivity index (χ4v) is 2.19. The van der Waals surface area contributed by atoms with E-state index in [0.29, 0.717) is 43.6 Å². The molecule has 0 atom stereocenters. The van der Waals surface area contributed by atoms with E-state index < -0.39 is 9.84 Å². The van der Waals surface area contributed by atoms with Crippen LogP contribution in [-0.4, -0.2) is 50.6 Å². The van der Waals surface area contributed by atoms with Gasteiger partial charge in [-0.3, -0.25) is 0 Å². The van der Waals surface area contributed by atoms with Crippen LogP contribution in [0.3, 0.4) is 0 Å². The summed E-state index contributed by atoms with van der Waals surface area (Å²) in [4.78, 5) is 8.59. The number of anilines is 2. The molecule has 0 saturated carbocycles. The van der Waals surface area contributed by atoms with Gasteiger partial charge in [-0.05, 0) is 13.3 Å². The Bertz CT molecular complexity index is 519. The molecule has 1 aromatic heterocycles. The minimum absolute atomic E-state index is 0.162. The second kappa shape index (κ2) is 8.01. The highest BCUT2D eigenvalue weighted by Gasteiger charge is 2.05. The molecule has 0 aromatic carbocycles. The molecule has 1 heterocycles. The molecule has 0 radical (unpaired) electrons. The van der Waals surface area contributed by atoms with Crippen molar-refractivity contribution >= 4 is 21.5 Å². The van der Waals surface area contributed by atoms with Crippen LogP contribution in [0.5, 0.6) is 0 Å². The van der Waals surface area contributed by atoms with Crippen molar-refractivity contribution in [3.63, 3.8) is 0 Å². The maximum absolute atomic E-state index is 11.0. The predicted molar refractivity (Wildman–Crippen MR) is 79.7 cm³/mol. The molecule has 2 N–H and O–H groups in total. The van der Waals surface area contributed by atoms with Gasteiger partial charge in [-0.1, -0.05) is 0 Å². The third kappa shape index (κ3) is 6.67. The highest BCUT2D eigenvalue weighted by molar-refractivity contribution is 7.90. The summed E-state index contributed by atoms with van der Waals surface area (Å²) < 4.78 is 27.4. The van der Waals surface area contributed by atoms with Gasteiger partial charge in [-0.2, -0.15) is 0 Å². The highest BCUT2D eigenvalue weighted by atomic mass is 32.2. The first-order valence-corrected chi connectivity index (χ1v) is 8.55. The molecule has 8 heteroatoms. The summed E-state index contributed by atoms with van der Waals surface area (Å²) >= 11 is 0. The van der Waals surface area contributed by atoms with Crippen molar-refractivity contribution in [2.45, 2.75) is 20.0 Å². The topological polar surface area (TPSA) is 93.2 Å². The van der Waals surface area contributed by atoms with Gasteiger partial charge in [0.1, 0.15) is 28.1 Å².